The molecule has 1 aliphatic rings. The normalized spacial score (nSPS) is 21.8. The van der Waals surface area contributed by atoms with E-state index in [0.29, 0.717) is 19.7 Å². The Kier molecular flexibility index (Phi) is 4.18. The van der Waals surface area contributed by atoms with E-state index in [9.17, 15) is 4.79 Å². The van der Waals surface area contributed by atoms with E-state index in [4.69, 9.17) is 9.84 Å². The van der Waals surface area contributed by atoms with Crippen molar-refractivity contribution >= 4 is 5.91 Å². The second kappa shape index (κ2) is 5.19. The van der Waals surface area contributed by atoms with Gasteiger partial charge >= 0.3 is 0 Å². The molecule has 0 radical (unpaired) electrons. The van der Waals surface area contributed by atoms with E-state index in [1.807, 2.05) is 6.92 Å². The Labute approximate surface area is 78.5 Å². The van der Waals surface area contributed by atoms with Crippen LogP contribution < -0.4 is 0 Å². The van der Waals surface area contributed by atoms with E-state index in [-0.39, 0.29) is 18.6 Å². The van der Waals surface area contributed by atoms with Gasteiger partial charge in [-0.05, 0) is 19.8 Å². The summed E-state index contributed by atoms with van der Waals surface area (Å²) in [5.41, 5.74) is 0. The first-order valence-corrected chi connectivity index (χ1v) is 4.80. The Balaban J connectivity index is 2.42. The molecule has 0 aromatic carbocycles. The number of aliphatic hydroxyl groups is 1. The SMILES string of the molecule is CCN(CCO)C(=O)C1CCCO1. The number of hydrogen-bond acceptors (Lipinski definition) is 3. The van der Waals surface area contributed by atoms with Crippen molar-refractivity contribution in [3.8, 4) is 0 Å². The molecule has 1 heterocycles. The molecule has 0 bridgehead atoms. The maximum Gasteiger partial charge on any atom is 0.251 e. The van der Waals surface area contributed by atoms with Crippen LogP contribution in [0.4, 0.5) is 0 Å². The van der Waals surface area contributed by atoms with Crippen LogP contribution >= 0.6 is 0 Å². The summed E-state index contributed by atoms with van der Waals surface area (Å²) >= 11 is 0. The molecule has 1 amide bonds. The number of nitrogens with zero attached hydrogens (tertiary/aromatic N) is 1. The number of rotatable bonds is 4. The van der Waals surface area contributed by atoms with Crippen LogP contribution in [0.5, 0.6) is 0 Å². The van der Waals surface area contributed by atoms with Crippen molar-refractivity contribution in [1.29, 1.82) is 0 Å². The molecule has 1 fully saturated rings. The molecular formula is C9H17NO3. The van der Waals surface area contributed by atoms with Gasteiger partial charge in [-0.3, -0.25) is 4.79 Å². The van der Waals surface area contributed by atoms with E-state index >= 15 is 0 Å². The molecule has 1 N–H and O–H groups in total. The van der Waals surface area contributed by atoms with Gasteiger partial charge in [0.25, 0.3) is 5.91 Å². The standard InChI is InChI=1S/C9H17NO3/c1-2-10(5-6-11)9(12)8-4-3-7-13-8/h8,11H,2-7H2,1H3. The zero-order valence-corrected chi connectivity index (χ0v) is 8.03. The lowest BCUT2D eigenvalue weighted by atomic mass is 10.2. The molecule has 1 unspecified atom stereocenters. The summed E-state index contributed by atoms with van der Waals surface area (Å²) in [5.74, 6) is 0.0223. The first-order valence-electron chi connectivity index (χ1n) is 4.80. The number of hydrogen-bond donors (Lipinski definition) is 1. The van der Waals surface area contributed by atoms with E-state index in [1.165, 1.54) is 0 Å². The third-order valence-corrected chi connectivity index (χ3v) is 2.27. The largest absolute Gasteiger partial charge is 0.395 e. The van der Waals surface area contributed by atoms with Crippen molar-refractivity contribution in [2.75, 3.05) is 26.3 Å². The molecule has 0 spiro atoms. The Morgan fingerprint density at radius 2 is 2.46 bits per heavy atom. The summed E-state index contributed by atoms with van der Waals surface area (Å²) in [6, 6.07) is 0. The quantitative estimate of drug-likeness (QED) is 0.674. The molecule has 1 atom stereocenters. The van der Waals surface area contributed by atoms with Gasteiger partial charge in [0.05, 0.1) is 6.61 Å². The van der Waals surface area contributed by atoms with Crippen molar-refractivity contribution < 1.29 is 14.6 Å². The van der Waals surface area contributed by atoms with Crippen LogP contribution in [0.1, 0.15) is 19.8 Å². The zero-order chi connectivity index (χ0) is 9.68. The highest BCUT2D eigenvalue weighted by Crippen LogP contribution is 2.14. The van der Waals surface area contributed by atoms with Crippen molar-refractivity contribution in [2.24, 2.45) is 0 Å². The van der Waals surface area contributed by atoms with E-state index < -0.39 is 0 Å². The minimum atomic E-state index is -0.258. The Hall–Kier alpha value is -0.610. The Morgan fingerprint density at radius 1 is 1.69 bits per heavy atom. The molecule has 76 valence electrons. The first-order chi connectivity index (χ1) is 6.29. The van der Waals surface area contributed by atoms with Gasteiger partial charge in [0, 0.05) is 19.7 Å². The summed E-state index contributed by atoms with van der Waals surface area (Å²) in [5, 5.41) is 8.72. The van der Waals surface area contributed by atoms with Gasteiger partial charge in [-0.1, -0.05) is 0 Å². The zero-order valence-electron chi connectivity index (χ0n) is 8.03. The lowest BCUT2D eigenvalue weighted by Gasteiger charge is -2.22. The fourth-order valence-corrected chi connectivity index (χ4v) is 1.52. The number of carbonyl (C=O) groups is 1. The topological polar surface area (TPSA) is 49.8 Å². The van der Waals surface area contributed by atoms with Gasteiger partial charge in [0.2, 0.25) is 0 Å². The van der Waals surface area contributed by atoms with E-state index in [2.05, 4.69) is 0 Å². The summed E-state index contributed by atoms with van der Waals surface area (Å²) < 4.78 is 5.27. The van der Waals surface area contributed by atoms with Crippen molar-refractivity contribution in [3.05, 3.63) is 0 Å². The predicted octanol–water partition coefficient (Wildman–Crippen LogP) is 0.00620. The van der Waals surface area contributed by atoms with Crippen LogP contribution in [0.25, 0.3) is 0 Å². The van der Waals surface area contributed by atoms with Gasteiger partial charge in [-0.2, -0.15) is 0 Å². The molecule has 1 aliphatic heterocycles. The van der Waals surface area contributed by atoms with Crippen molar-refractivity contribution in [3.63, 3.8) is 0 Å². The van der Waals surface area contributed by atoms with Crippen LogP contribution in [0, 0.1) is 0 Å². The summed E-state index contributed by atoms with van der Waals surface area (Å²) in [4.78, 5) is 13.3. The highest BCUT2D eigenvalue weighted by Gasteiger charge is 2.26. The fourth-order valence-electron chi connectivity index (χ4n) is 1.52. The molecule has 0 saturated carbocycles. The molecule has 0 aromatic heterocycles. The summed E-state index contributed by atoms with van der Waals surface area (Å²) in [7, 11) is 0. The molecule has 0 aliphatic carbocycles. The Morgan fingerprint density at radius 3 is 2.92 bits per heavy atom. The third-order valence-electron chi connectivity index (χ3n) is 2.27. The minimum Gasteiger partial charge on any atom is -0.395 e. The second-order valence-electron chi connectivity index (χ2n) is 3.14. The van der Waals surface area contributed by atoms with Crippen LogP contribution in [-0.4, -0.2) is 48.3 Å². The maximum absolute atomic E-state index is 11.7. The monoisotopic (exact) mass is 187 g/mol. The van der Waals surface area contributed by atoms with Crippen LogP contribution in [0.3, 0.4) is 0 Å². The van der Waals surface area contributed by atoms with Crippen molar-refractivity contribution in [1.82, 2.24) is 4.90 Å². The highest BCUT2D eigenvalue weighted by atomic mass is 16.5. The lowest BCUT2D eigenvalue weighted by molar-refractivity contribution is -0.141. The molecular weight excluding hydrogens is 170 g/mol. The summed E-state index contributed by atoms with van der Waals surface area (Å²) in [6.45, 7) is 3.66. The number of likely N-dealkylation sites (N-methyl/N-ethyl adjacent to an activating group) is 1. The average Bonchev–Trinajstić information content (AvgIpc) is 2.65. The number of aliphatic hydroxyl groups excluding tert-OH is 1. The molecule has 13 heavy (non-hydrogen) atoms. The molecule has 1 rings (SSSR count). The predicted molar refractivity (Wildman–Crippen MR) is 48.3 cm³/mol. The maximum atomic E-state index is 11.7. The van der Waals surface area contributed by atoms with E-state index in [0.717, 1.165) is 12.8 Å². The summed E-state index contributed by atoms with van der Waals surface area (Å²) in [6.07, 6.45) is 1.53. The van der Waals surface area contributed by atoms with Gasteiger partial charge in [0.15, 0.2) is 0 Å². The van der Waals surface area contributed by atoms with Crippen molar-refractivity contribution in [2.45, 2.75) is 25.9 Å². The van der Waals surface area contributed by atoms with Gasteiger partial charge in [0.1, 0.15) is 6.10 Å². The number of carbonyl (C=O) groups excluding carboxylic acids is 1. The third kappa shape index (κ3) is 2.67. The highest BCUT2D eigenvalue weighted by molar-refractivity contribution is 5.81. The average molecular weight is 187 g/mol. The van der Waals surface area contributed by atoms with Gasteiger partial charge in [-0.15, -0.1) is 0 Å². The van der Waals surface area contributed by atoms with Crippen LogP contribution in [-0.2, 0) is 9.53 Å². The molecule has 4 heteroatoms. The van der Waals surface area contributed by atoms with Crippen LogP contribution in [0.15, 0.2) is 0 Å². The first kappa shape index (κ1) is 10.5. The Bertz CT molecular complexity index is 166. The molecule has 4 nitrogen and oxygen atoms in total. The smallest absolute Gasteiger partial charge is 0.251 e. The number of amides is 1. The van der Waals surface area contributed by atoms with Gasteiger partial charge < -0.3 is 14.7 Å². The van der Waals surface area contributed by atoms with E-state index in [1.54, 1.807) is 4.90 Å². The minimum absolute atomic E-state index is 0.0201. The fraction of sp³-hybridized carbons (Fsp3) is 0.889. The van der Waals surface area contributed by atoms with Crippen LogP contribution in [0.2, 0.25) is 0 Å². The van der Waals surface area contributed by atoms with Gasteiger partial charge in [-0.25, -0.2) is 0 Å². The number of ether oxygens (including phenoxy) is 1. The lowest BCUT2D eigenvalue weighted by Crippen LogP contribution is -2.40. The second-order valence-corrected chi connectivity index (χ2v) is 3.14. The molecule has 0 aromatic rings. The molecule has 1 saturated heterocycles.